The topological polar surface area (TPSA) is 75.4 Å². The SMILES string of the molecule is Cc1cc(C(=O)NCC(O)C(F)(F)F)on1. The van der Waals surface area contributed by atoms with Gasteiger partial charge in [0.25, 0.3) is 5.91 Å². The zero-order valence-electron chi connectivity index (χ0n) is 8.21. The second kappa shape index (κ2) is 4.52. The summed E-state index contributed by atoms with van der Waals surface area (Å²) in [6, 6.07) is 1.27. The van der Waals surface area contributed by atoms with Crippen molar-refractivity contribution in [2.75, 3.05) is 6.54 Å². The summed E-state index contributed by atoms with van der Waals surface area (Å²) in [4.78, 5) is 11.2. The third kappa shape index (κ3) is 3.23. The lowest BCUT2D eigenvalue weighted by Crippen LogP contribution is -2.40. The molecule has 16 heavy (non-hydrogen) atoms. The quantitative estimate of drug-likeness (QED) is 0.810. The van der Waals surface area contributed by atoms with Gasteiger partial charge in [-0.25, -0.2) is 0 Å². The van der Waals surface area contributed by atoms with Crippen molar-refractivity contribution in [1.29, 1.82) is 0 Å². The van der Waals surface area contributed by atoms with Crippen LogP contribution in [0.25, 0.3) is 0 Å². The molecule has 1 aromatic heterocycles. The van der Waals surface area contributed by atoms with E-state index in [1.807, 2.05) is 5.32 Å². The van der Waals surface area contributed by atoms with E-state index >= 15 is 0 Å². The number of aromatic nitrogens is 1. The fourth-order valence-corrected chi connectivity index (χ4v) is 0.863. The first-order valence-corrected chi connectivity index (χ1v) is 4.27. The number of nitrogens with one attached hydrogen (secondary N) is 1. The van der Waals surface area contributed by atoms with Gasteiger partial charge in [-0.05, 0) is 6.92 Å². The molecule has 1 heterocycles. The number of hydrogen-bond acceptors (Lipinski definition) is 4. The van der Waals surface area contributed by atoms with Crippen molar-refractivity contribution in [3.05, 3.63) is 17.5 Å². The lowest BCUT2D eigenvalue weighted by atomic mass is 10.3. The van der Waals surface area contributed by atoms with Crippen molar-refractivity contribution < 1.29 is 27.6 Å². The molecular weight excluding hydrogens is 229 g/mol. The Labute approximate surface area is 88.2 Å². The smallest absolute Gasteiger partial charge is 0.382 e. The largest absolute Gasteiger partial charge is 0.416 e. The van der Waals surface area contributed by atoms with E-state index in [2.05, 4.69) is 9.68 Å². The fraction of sp³-hybridized carbons (Fsp3) is 0.500. The van der Waals surface area contributed by atoms with Gasteiger partial charge in [-0.2, -0.15) is 13.2 Å². The first-order valence-electron chi connectivity index (χ1n) is 4.27. The summed E-state index contributed by atoms with van der Waals surface area (Å²) in [7, 11) is 0. The Morgan fingerprint density at radius 1 is 1.69 bits per heavy atom. The number of aryl methyl sites for hydroxylation is 1. The van der Waals surface area contributed by atoms with Gasteiger partial charge in [0.2, 0.25) is 5.76 Å². The molecule has 0 spiro atoms. The van der Waals surface area contributed by atoms with E-state index in [0.29, 0.717) is 5.69 Å². The van der Waals surface area contributed by atoms with Crippen LogP contribution in [0.2, 0.25) is 0 Å². The van der Waals surface area contributed by atoms with Gasteiger partial charge in [0, 0.05) is 6.07 Å². The summed E-state index contributed by atoms with van der Waals surface area (Å²) in [5.41, 5.74) is 0.432. The van der Waals surface area contributed by atoms with Crippen molar-refractivity contribution in [3.63, 3.8) is 0 Å². The number of rotatable bonds is 3. The van der Waals surface area contributed by atoms with E-state index in [0.717, 1.165) is 0 Å². The predicted molar refractivity (Wildman–Crippen MR) is 45.6 cm³/mol. The second-order valence-electron chi connectivity index (χ2n) is 3.10. The number of amides is 1. The molecule has 0 aliphatic rings. The molecule has 1 rings (SSSR count). The zero-order valence-corrected chi connectivity index (χ0v) is 8.21. The van der Waals surface area contributed by atoms with Crippen LogP contribution in [0.3, 0.4) is 0 Å². The van der Waals surface area contributed by atoms with E-state index in [4.69, 9.17) is 5.11 Å². The number of carbonyl (C=O) groups is 1. The molecule has 0 aliphatic carbocycles. The first kappa shape index (κ1) is 12.5. The monoisotopic (exact) mass is 238 g/mol. The predicted octanol–water partition coefficient (Wildman–Crippen LogP) is 0.636. The summed E-state index contributed by atoms with van der Waals surface area (Å²) >= 11 is 0. The highest BCUT2D eigenvalue weighted by Gasteiger charge is 2.38. The maximum Gasteiger partial charge on any atom is 0.416 e. The number of aliphatic hydroxyl groups excluding tert-OH is 1. The van der Waals surface area contributed by atoms with Gasteiger partial charge in [-0.15, -0.1) is 0 Å². The number of alkyl halides is 3. The maximum atomic E-state index is 11.9. The van der Waals surface area contributed by atoms with Crippen molar-refractivity contribution in [2.24, 2.45) is 0 Å². The molecule has 1 unspecified atom stereocenters. The molecule has 0 saturated carbocycles. The summed E-state index contributed by atoms with van der Waals surface area (Å²) in [6.07, 6.45) is -7.36. The zero-order chi connectivity index (χ0) is 12.3. The highest BCUT2D eigenvalue weighted by atomic mass is 19.4. The molecule has 1 aromatic rings. The van der Waals surface area contributed by atoms with E-state index in [-0.39, 0.29) is 5.76 Å². The van der Waals surface area contributed by atoms with Gasteiger partial charge >= 0.3 is 6.18 Å². The Balaban J connectivity index is 2.48. The van der Waals surface area contributed by atoms with Crippen LogP contribution in [-0.2, 0) is 0 Å². The van der Waals surface area contributed by atoms with Gasteiger partial charge in [0.15, 0.2) is 6.10 Å². The summed E-state index contributed by atoms with van der Waals surface area (Å²) in [5, 5.41) is 13.9. The van der Waals surface area contributed by atoms with Gasteiger partial charge in [0.05, 0.1) is 12.2 Å². The molecule has 0 aliphatic heterocycles. The molecule has 90 valence electrons. The van der Waals surface area contributed by atoms with Crippen molar-refractivity contribution in [2.45, 2.75) is 19.2 Å². The Hall–Kier alpha value is -1.57. The Bertz CT molecular complexity index is 375. The number of carbonyl (C=O) groups excluding carboxylic acids is 1. The molecule has 1 amide bonds. The van der Waals surface area contributed by atoms with Crippen molar-refractivity contribution in [3.8, 4) is 0 Å². The molecule has 0 radical (unpaired) electrons. The molecule has 0 fully saturated rings. The molecule has 8 heteroatoms. The Kier molecular flexibility index (Phi) is 3.53. The lowest BCUT2D eigenvalue weighted by Gasteiger charge is -2.14. The van der Waals surface area contributed by atoms with Gasteiger partial charge in [-0.3, -0.25) is 4.79 Å². The number of aliphatic hydroxyl groups is 1. The second-order valence-corrected chi connectivity index (χ2v) is 3.10. The van der Waals surface area contributed by atoms with Gasteiger partial charge in [0.1, 0.15) is 0 Å². The maximum absolute atomic E-state index is 11.9. The third-order valence-corrected chi connectivity index (χ3v) is 1.69. The van der Waals surface area contributed by atoms with Gasteiger partial charge < -0.3 is 14.9 Å². The average molecular weight is 238 g/mol. The minimum absolute atomic E-state index is 0.202. The summed E-state index contributed by atoms with van der Waals surface area (Å²) in [6.45, 7) is 0.632. The number of nitrogens with zero attached hydrogens (tertiary/aromatic N) is 1. The third-order valence-electron chi connectivity index (χ3n) is 1.69. The normalized spacial score (nSPS) is 13.6. The molecular formula is C8H9F3N2O3. The highest BCUT2D eigenvalue weighted by molar-refractivity contribution is 5.91. The van der Waals surface area contributed by atoms with E-state index in [1.54, 1.807) is 6.92 Å². The van der Waals surface area contributed by atoms with E-state index in [9.17, 15) is 18.0 Å². The van der Waals surface area contributed by atoms with Crippen molar-refractivity contribution in [1.82, 2.24) is 10.5 Å². The molecule has 1 atom stereocenters. The minimum atomic E-state index is -4.76. The minimum Gasteiger partial charge on any atom is -0.382 e. The van der Waals surface area contributed by atoms with Crippen LogP contribution < -0.4 is 5.32 Å². The highest BCUT2D eigenvalue weighted by Crippen LogP contribution is 2.19. The Morgan fingerprint density at radius 2 is 2.31 bits per heavy atom. The van der Waals surface area contributed by atoms with Crippen LogP contribution in [0.4, 0.5) is 13.2 Å². The summed E-state index contributed by atoms with van der Waals surface area (Å²) < 4.78 is 40.1. The molecule has 5 nitrogen and oxygen atoms in total. The molecule has 0 saturated heterocycles. The number of hydrogen-bond donors (Lipinski definition) is 2. The van der Waals surface area contributed by atoms with Crippen LogP contribution in [0.15, 0.2) is 10.6 Å². The average Bonchev–Trinajstić information content (AvgIpc) is 2.59. The number of halogens is 3. The standard InChI is InChI=1S/C8H9F3N2O3/c1-4-2-5(16-13-4)7(15)12-3-6(14)8(9,10)11/h2,6,14H,3H2,1H3,(H,12,15). The van der Waals surface area contributed by atoms with Crippen LogP contribution >= 0.6 is 0 Å². The Morgan fingerprint density at radius 3 is 2.75 bits per heavy atom. The molecule has 2 N–H and O–H groups in total. The molecule has 0 bridgehead atoms. The van der Waals surface area contributed by atoms with E-state index < -0.39 is 24.7 Å². The molecule has 0 aromatic carbocycles. The summed E-state index contributed by atoms with van der Waals surface area (Å²) in [5.74, 6) is -1.06. The van der Waals surface area contributed by atoms with Gasteiger partial charge in [-0.1, -0.05) is 5.16 Å². The fourth-order valence-electron chi connectivity index (χ4n) is 0.863. The lowest BCUT2D eigenvalue weighted by molar-refractivity contribution is -0.201. The van der Waals surface area contributed by atoms with Crippen LogP contribution in [0, 0.1) is 6.92 Å². The van der Waals surface area contributed by atoms with Crippen LogP contribution in [-0.4, -0.2) is 35.0 Å². The van der Waals surface area contributed by atoms with E-state index in [1.165, 1.54) is 6.07 Å². The van der Waals surface area contributed by atoms with Crippen LogP contribution in [0.1, 0.15) is 16.2 Å². The first-order chi connectivity index (χ1) is 7.30. The van der Waals surface area contributed by atoms with Crippen LogP contribution in [0.5, 0.6) is 0 Å². The van der Waals surface area contributed by atoms with Crippen molar-refractivity contribution >= 4 is 5.91 Å².